The first-order valence-corrected chi connectivity index (χ1v) is 10.5. The normalized spacial score (nSPS) is 18.8. The topological polar surface area (TPSA) is 97.0 Å². The number of hydrogen-bond donors (Lipinski definition) is 1. The summed E-state index contributed by atoms with van der Waals surface area (Å²) in [4.78, 5) is 32.4. The summed E-state index contributed by atoms with van der Waals surface area (Å²) in [6, 6.07) is 1.81. The van der Waals surface area contributed by atoms with Crippen molar-refractivity contribution in [3.05, 3.63) is 48.6 Å². The lowest BCUT2D eigenvalue weighted by Crippen LogP contribution is -2.27. The second-order valence-corrected chi connectivity index (χ2v) is 9.58. The summed E-state index contributed by atoms with van der Waals surface area (Å²) in [5.41, 5.74) is 1.70. The predicted octanol–water partition coefficient (Wildman–Crippen LogP) is 3.75. The van der Waals surface area contributed by atoms with Gasteiger partial charge in [-0.3, -0.25) is 4.79 Å². The number of pyridine rings is 1. The summed E-state index contributed by atoms with van der Waals surface area (Å²) in [7, 11) is 2.92. The molecule has 0 saturated carbocycles. The highest BCUT2D eigenvalue weighted by Gasteiger charge is 2.32. The summed E-state index contributed by atoms with van der Waals surface area (Å²) < 4.78 is 5.51. The van der Waals surface area contributed by atoms with Crippen molar-refractivity contribution in [1.82, 2.24) is 19.9 Å². The minimum Gasteiger partial charge on any atom is -0.443 e. The molecular weight excluding hydrogens is 399 g/mol. The Hall–Kier alpha value is -2.86. The van der Waals surface area contributed by atoms with Gasteiger partial charge in [0.05, 0.1) is 17.4 Å². The minimum atomic E-state index is -0.298. The predicted molar refractivity (Wildman–Crippen MR) is 119 cm³/mol. The van der Waals surface area contributed by atoms with Crippen LogP contribution in [0.3, 0.4) is 0 Å². The van der Waals surface area contributed by atoms with E-state index in [0.29, 0.717) is 28.7 Å². The quantitative estimate of drug-likeness (QED) is 0.623. The van der Waals surface area contributed by atoms with E-state index in [4.69, 9.17) is 4.42 Å². The molecule has 0 bridgehead atoms. The molecule has 0 aliphatic carbocycles. The largest absolute Gasteiger partial charge is 0.443 e. The highest BCUT2D eigenvalue weighted by molar-refractivity contribution is 7.19. The molecule has 1 amide bonds. The van der Waals surface area contributed by atoms with Gasteiger partial charge in [0.15, 0.2) is 18.0 Å². The van der Waals surface area contributed by atoms with E-state index in [0.717, 1.165) is 25.1 Å². The van der Waals surface area contributed by atoms with Crippen LogP contribution in [0.15, 0.2) is 41.7 Å². The third kappa shape index (κ3) is 4.19. The molecule has 1 N–H and O–H groups in total. The zero-order chi connectivity index (χ0) is 21.3. The van der Waals surface area contributed by atoms with Crippen molar-refractivity contribution in [2.75, 3.05) is 23.3 Å². The van der Waals surface area contributed by atoms with Crippen molar-refractivity contribution in [1.29, 1.82) is 0 Å². The van der Waals surface area contributed by atoms with E-state index >= 15 is 0 Å². The fraction of sp³-hybridized carbons (Fsp3) is 0.381. The number of oxazole rings is 1. The van der Waals surface area contributed by atoms with Crippen LogP contribution in [0, 0.1) is 0 Å². The first kappa shape index (κ1) is 20.4. The molecule has 156 valence electrons. The molecule has 3 aromatic heterocycles. The molecule has 9 heteroatoms. The Labute approximate surface area is 177 Å². The Morgan fingerprint density at radius 2 is 2.03 bits per heavy atom. The summed E-state index contributed by atoms with van der Waals surface area (Å²) >= 11 is 0. The summed E-state index contributed by atoms with van der Waals surface area (Å²) in [5.74, 6) is 1.87. The molecule has 2 unspecified atom stereocenters. The molecule has 1 fully saturated rings. The van der Waals surface area contributed by atoms with E-state index in [1.807, 2.05) is 19.9 Å². The van der Waals surface area contributed by atoms with Crippen molar-refractivity contribution in [3.8, 4) is 11.3 Å². The number of rotatable bonds is 5. The second kappa shape index (κ2) is 8.11. The Bertz CT molecular complexity index is 1030. The maximum absolute atomic E-state index is 13.0. The van der Waals surface area contributed by atoms with Gasteiger partial charge in [0.1, 0.15) is 5.82 Å². The number of nitrogens with zero attached hydrogens (tertiary/aromatic N) is 5. The molecule has 0 radical (unpaired) electrons. The number of anilines is 2. The Kier molecular flexibility index (Phi) is 5.52. The number of nitrogens with one attached hydrogen (secondary N) is 1. The lowest BCUT2D eigenvalue weighted by molar-refractivity contribution is 0.102. The van der Waals surface area contributed by atoms with Crippen molar-refractivity contribution < 1.29 is 9.21 Å². The summed E-state index contributed by atoms with van der Waals surface area (Å²) in [6.45, 7) is 7.89. The standard InChI is InChI=1S/C21H25N6O2P/c1-13(2)18-24-8-14(9-25-18)20(28)26-17-15(16-10-22-12-29-16)4-6-23-19(17)27-7-5-21(3,30)11-27/h4,6,8-10,12-13H,5,7,11,30H2,1-3H3,(H,26,28). The molecule has 1 aliphatic rings. The molecule has 0 aromatic carbocycles. The van der Waals surface area contributed by atoms with Crippen LogP contribution < -0.4 is 10.2 Å². The van der Waals surface area contributed by atoms with Crippen LogP contribution in [-0.2, 0) is 0 Å². The molecular formula is C21H25N6O2P. The van der Waals surface area contributed by atoms with Crippen molar-refractivity contribution in [2.24, 2.45) is 0 Å². The Morgan fingerprint density at radius 1 is 1.27 bits per heavy atom. The molecule has 1 aliphatic heterocycles. The number of carbonyl (C=O) groups excluding carboxylic acids is 1. The molecule has 3 aromatic rings. The lowest BCUT2D eigenvalue weighted by atomic mass is 10.1. The van der Waals surface area contributed by atoms with E-state index in [1.54, 1.807) is 24.8 Å². The van der Waals surface area contributed by atoms with Crippen LogP contribution in [0.5, 0.6) is 0 Å². The zero-order valence-electron chi connectivity index (χ0n) is 17.3. The van der Waals surface area contributed by atoms with Crippen LogP contribution in [0.2, 0.25) is 0 Å². The highest BCUT2D eigenvalue weighted by atomic mass is 31.0. The molecule has 2 atom stereocenters. The van der Waals surface area contributed by atoms with Gasteiger partial charge in [-0.05, 0) is 12.5 Å². The van der Waals surface area contributed by atoms with Crippen molar-refractivity contribution >= 4 is 26.7 Å². The fourth-order valence-electron chi connectivity index (χ4n) is 3.47. The number of hydrogen-bond acceptors (Lipinski definition) is 7. The third-order valence-electron chi connectivity index (χ3n) is 5.12. The second-order valence-electron chi connectivity index (χ2n) is 8.19. The first-order chi connectivity index (χ1) is 14.3. The number of aromatic nitrogens is 4. The Morgan fingerprint density at radius 3 is 2.63 bits per heavy atom. The van der Waals surface area contributed by atoms with Gasteiger partial charge in [-0.1, -0.05) is 20.8 Å². The molecule has 0 spiro atoms. The van der Waals surface area contributed by atoms with Crippen LogP contribution in [-0.4, -0.2) is 44.1 Å². The van der Waals surface area contributed by atoms with Crippen LogP contribution in [0.25, 0.3) is 11.3 Å². The SMILES string of the molecule is CC(C)c1ncc(C(=O)Nc2c(-c3cnco3)ccnc2N2CCC(C)(P)C2)cn1. The van der Waals surface area contributed by atoms with Gasteiger partial charge in [-0.25, -0.2) is 19.9 Å². The molecule has 1 saturated heterocycles. The average Bonchev–Trinajstić information content (AvgIpc) is 3.37. The van der Waals surface area contributed by atoms with E-state index in [2.05, 4.69) is 46.3 Å². The number of amides is 1. The van der Waals surface area contributed by atoms with E-state index < -0.39 is 0 Å². The van der Waals surface area contributed by atoms with Crippen LogP contribution in [0.1, 0.15) is 49.3 Å². The van der Waals surface area contributed by atoms with E-state index in [1.165, 1.54) is 6.39 Å². The maximum Gasteiger partial charge on any atom is 0.258 e. The molecule has 4 heterocycles. The molecule has 30 heavy (non-hydrogen) atoms. The van der Waals surface area contributed by atoms with Crippen LogP contribution >= 0.6 is 9.24 Å². The van der Waals surface area contributed by atoms with Gasteiger partial charge in [-0.2, -0.15) is 0 Å². The zero-order valence-corrected chi connectivity index (χ0v) is 18.4. The first-order valence-electron chi connectivity index (χ1n) is 9.89. The number of carbonyl (C=O) groups is 1. The molecule has 4 rings (SSSR count). The smallest absolute Gasteiger partial charge is 0.258 e. The molecule has 8 nitrogen and oxygen atoms in total. The maximum atomic E-state index is 13.0. The van der Waals surface area contributed by atoms with Gasteiger partial charge in [-0.15, -0.1) is 9.24 Å². The van der Waals surface area contributed by atoms with Gasteiger partial charge < -0.3 is 14.6 Å². The summed E-state index contributed by atoms with van der Waals surface area (Å²) in [6.07, 6.45) is 8.84. The van der Waals surface area contributed by atoms with Gasteiger partial charge in [0.2, 0.25) is 0 Å². The monoisotopic (exact) mass is 424 g/mol. The average molecular weight is 424 g/mol. The summed E-state index contributed by atoms with van der Waals surface area (Å²) in [5, 5.41) is 3.12. The highest BCUT2D eigenvalue weighted by Crippen LogP contribution is 2.39. The van der Waals surface area contributed by atoms with Crippen molar-refractivity contribution in [3.63, 3.8) is 0 Å². The lowest BCUT2D eigenvalue weighted by Gasteiger charge is -2.24. The van der Waals surface area contributed by atoms with E-state index in [9.17, 15) is 4.79 Å². The van der Waals surface area contributed by atoms with Crippen molar-refractivity contribution in [2.45, 2.75) is 38.3 Å². The third-order valence-corrected chi connectivity index (χ3v) is 5.59. The van der Waals surface area contributed by atoms with Gasteiger partial charge in [0, 0.05) is 48.3 Å². The van der Waals surface area contributed by atoms with Gasteiger partial charge in [0.25, 0.3) is 5.91 Å². The Balaban J connectivity index is 1.70. The van der Waals surface area contributed by atoms with Crippen LogP contribution in [0.4, 0.5) is 11.5 Å². The fourth-order valence-corrected chi connectivity index (χ4v) is 3.82. The minimum absolute atomic E-state index is 0.103. The van der Waals surface area contributed by atoms with E-state index in [-0.39, 0.29) is 17.0 Å². The van der Waals surface area contributed by atoms with Gasteiger partial charge >= 0.3 is 0 Å².